The van der Waals surface area contributed by atoms with Gasteiger partial charge < -0.3 is 5.11 Å². The highest BCUT2D eigenvalue weighted by Gasteiger charge is 2.64. The van der Waals surface area contributed by atoms with Crippen molar-refractivity contribution in [1.29, 1.82) is 5.26 Å². The molecule has 5 aliphatic rings. The van der Waals surface area contributed by atoms with E-state index in [1.165, 1.54) is 0 Å². The lowest BCUT2D eigenvalue weighted by atomic mass is 9.39. The van der Waals surface area contributed by atoms with Crippen LogP contribution >= 0.6 is 0 Å². The SMILES string of the molecule is CC.CC1C(=O)C(C#N)=CC2(C)C3=CC(=O)C4C5CC(C)(C)CCC5(CC(=O)O)CCC4C3(C)CCC12. The second kappa shape index (κ2) is 9.21. The predicted octanol–water partition coefficient (Wildman–Crippen LogP) is 6.93. The van der Waals surface area contributed by atoms with Crippen molar-refractivity contribution >= 4 is 17.5 Å². The summed E-state index contributed by atoms with van der Waals surface area (Å²) in [4.78, 5) is 38.8. The predicted molar refractivity (Wildman–Crippen MR) is 143 cm³/mol. The molecule has 5 rings (SSSR count). The van der Waals surface area contributed by atoms with Crippen LogP contribution in [0.15, 0.2) is 23.3 Å². The van der Waals surface area contributed by atoms with Crippen LogP contribution in [0.25, 0.3) is 0 Å². The Balaban J connectivity index is 0.00000156. The molecular formula is C32H45NO4. The van der Waals surface area contributed by atoms with Gasteiger partial charge in [-0.1, -0.05) is 60.1 Å². The zero-order valence-corrected chi connectivity index (χ0v) is 23.8. The van der Waals surface area contributed by atoms with Crippen molar-refractivity contribution in [3.8, 4) is 6.07 Å². The molecule has 0 bridgehead atoms. The van der Waals surface area contributed by atoms with Gasteiger partial charge in [0.15, 0.2) is 11.6 Å². The highest BCUT2D eigenvalue weighted by Crippen LogP contribution is 2.69. The number of carbonyl (C=O) groups excluding carboxylic acids is 2. The van der Waals surface area contributed by atoms with Gasteiger partial charge in [0.05, 0.1) is 12.0 Å². The van der Waals surface area contributed by atoms with Crippen molar-refractivity contribution in [3.63, 3.8) is 0 Å². The Kier molecular flexibility index (Phi) is 6.92. The van der Waals surface area contributed by atoms with Crippen molar-refractivity contribution in [2.45, 2.75) is 99.8 Å². The summed E-state index contributed by atoms with van der Waals surface area (Å²) in [6.07, 6.45) is 10.3. The molecule has 3 fully saturated rings. The van der Waals surface area contributed by atoms with Gasteiger partial charge >= 0.3 is 5.97 Å². The Morgan fingerprint density at radius 3 is 2.30 bits per heavy atom. The molecule has 0 aromatic rings. The summed E-state index contributed by atoms with van der Waals surface area (Å²) in [6, 6.07) is 2.13. The molecule has 0 amide bonds. The molecule has 0 heterocycles. The molecule has 3 saturated carbocycles. The van der Waals surface area contributed by atoms with Gasteiger partial charge in [-0.05, 0) is 85.0 Å². The summed E-state index contributed by atoms with van der Waals surface area (Å²) in [7, 11) is 0. The van der Waals surface area contributed by atoms with E-state index < -0.39 is 11.4 Å². The number of carboxylic acid groups (broad SMARTS) is 1. The monoisotopic (exact) mass is 507 g/mol. The fourth-order valence-electron chi connectivity index (χ4n) is 9.62. The molecule has 0 aliphatic heterocycles. The van der Waals surface area contributed by atoms with E-state index in [0.29, 0.717) is 0 Å². The van der Waals surface area contributed by atoms with E-state index in [1.807, 2.05) is 32.9 Å². The standard InChI is InChI=1S/C30H39NO4.C2H6/c1-17-19-6-8-28(4)20-7-9-30(15-24(33)34)11-10-27(2,3)14-21(30)25(20)22(32)12-23(28)29(19,5)13-18(16-31)26(17)35;1-2/h12-13,17,19-21,25H,6-11,14-15H2,1-5H3,(H,33,34);1-2H3. The van der Waals surface area contributed by atoms with Crippen LogP contribution in [0, 0.1) is 62.6 Å². The van der Waals surface area contributed by atoms with Gasteiger partial charge in [-0.2, -0.15) is 5.26 Å². The van der Waals surface area contributed by atoms with Gasteiger partial charge in [0.25, 0.3) is 0 Å². The molecule has 0 radical (unpaired) electrons. The number of ketones is 2. The highest BCUT2D eigenvalue weighted by atomic mass is 16.4. The molecule has 0 saturated heterocycles. The van der Waals surface area contributed by atoms with Gasteiger partial charge in [0.1, 0.15) is 6.07 Å². The molecule has 8 atom stereocenters. The second-order valence-corrected chi connectivity index (χ2v) is 13.7. The van der Waals surface area contributed by atoms with Crippen molar-refractivity contribution < 1.29 is 19.5 Å². The van der Waals surface area contributed by atoms with E-state index in [2.05, 4.69) is 33.8 Å². The lowest BCUT2D eigenvalue weighted by Gasteiger charge is -2.64. The maximum atomic E-state index is 14.1. The van der Waals surface area contributed by atoms with Crippen molar-refractivity contribution in [2.24, 2.45) is 51.2 Å². The zero-order valence-electron chi connectivity index (χ0n) is 23.8. The van der Waals surface area contributed by atoms with E-state index in [0.717, 1.165) is 50.5 Å². The molecule has 8 unspecified atom stereocenters. The first-order valence-corrected chi connectivity index (χ1v) is 14.4. The van der Waals surface area contributed by atoms with Gasteiger partial charge in [-0.15, -0.1) is 0 Å². The number of hydrogen-bond donors (Lipinski definition) is 1. The van der Waals surface area contributed by atoms with Crippen LogP contribution < -0.4 is 0 Å². The number of fused-ring (bicyclic) bond motifs is 7. The Labute approximate surface area is 222 Å². The largest absolute Gasteiger partial charge is 0.481 e. The minimum Gasteiger partial charge on any atom is -0.481 e. The number of Topliss-reactive ketones (excluding diaryl/α,β-unsaturated/α-hetero) is 1. The summed E-state index contributed by atoms with van der Waals surface area (Å²) in [5.41, 5.74) is 0.494. The third-order valence-corrected chi connectivity index (χ3v) is 11.4. The van der Waals surface area contributed by atoms with E-state index in [1.54, 1.807) is 0 Å². The molecule has 37 heavy (non-hydrogen) atoms. The first-order valence-electron chi connectivity index (χ1n) is 14.4. The number of carbonyl (C=O) groups is 3. The van der Waals surface area contributed by atoms with Crippen molar-refractivity contribution in [3.05, 3.63) is 23.3 Å². The third kappa shape index (κ3) is 4.05. The highest BCUT2D eigenvalue weighted by molar-refractivity contribution is 6.02. The molecule has 0 aromatic heterocycles. The van der Waals surface area contributed by atoms with Crippen LogP contribution in [-0.2, 0) is 14.4 Å². The zero-order chi connectivity index (χ0) is 27.6. The summed E-state index contributed by atoms with van der Waals surface area (Å²) in [6.45, 7) is 14.9. The minimum atomic E-state index is -0.748. The van der Waals surface area contributed by atoms with E-state index in [4.69, 9.17) is 0 Å². The molecule has 5 heteroatoms. The lowest BCUT2D eigenvalue weighted by molar-refractivity contribution is -0.158. The molecular weight excluding hydrogens is 462 g/mol. The van der Waals surface area contributed by atoms with Gasteiger partial charge in [0, 0.05) is 17.3 Å². The number of hydrogen-bond acceptors (Lipinski definition) is 4. The normalized spacial score (nSPS) is 43.8. The summed E-state index contributed by atoms with van der Waals surface area (Å²) >= 11 is 0. The molecule has 202 valence electrons. The van der Waals surface area contributed by atoms with Crippen LogP contribution in [0.2, 0.25) is 0 Å². The Bertz CT molecular complexity index is 1110. The quantitative estimate of drug-likeness (QED) is 0.437. The Morgan fingerprint density at radius 2 is 1.68 bits per heavy atom. The second-order valence-electron chi connectivity index (χ2n) is 13.7. The average molecular weight is 508 g/mol. The summed E-state index contributed by atoms with van der Waals surface area (Å²) < 4.78 is 0. The average Bonchev–Trinajstić information content (AvgIpc) is 2.83. The van der Waals surface area contributed by atoms with E-state index in [-0.39, 0.29) is 69.4 Å². The number of aliphatic carboxylic acids is 1. The summed E-state index contributed by atoms with van der Waals surface area (Å²) in [5.74, 6) is -0.671. The van der Waals surface area contributed by atoms with E-state index >= 15 is 0 Å². The molecule has 0 aromatic carbocycles. The van der Waals surface area contributed by atoms with Crippen LogP contribution in [0.1, 0.15) is 99.8 Å². The Hall–Kier alpha value is -2.22. The molecule has 1 N–H and O–H groups in total. The first-order chi connectivity index (χ1) is 17.3. The fourth-order valence-corrected chi connectivity index (χ4v) is 9.62. The van der Waals surface area contributed by atoms with Crippen LogP contribution in [0.4, 0.5) is 0 Å². The van der Waals surface area contributed by atoms with Crippen LogP contribution in [-0.4, -0.2) is 22.6 Å². The molecule has 5 aliphatic carbocycles. The van der Waals surface area contributed by atoms with Crippen molar-refractivity contribution in [2.75, 3.05) is 0 Å². The number of rotatable bonds is 2. The molecule has 0 spiro atoms. The van der Waals surface area contributed by atoms with Crippen LogP contribution in [0.3, 0.4) is 0 Å². The number of nitrogens with zero attached hydrogens (tertiary/aromatic N) is 1. The van der Waals surface area contributed by atoms with Gasteiger partial charge in [-0.25, -0.2) is 0 Å². The van der Waals surface area contributed by atoms with Crippen LogP contribution in [0.5, 0.6) is 0 Å². The number of allylic oxidation sites excluding steroid dienone is 4. The van der Waals surface area contributed by atoms with Gasteiger partial charge in [-0.3, -0.25) is 14.4 Å². The van der Waals surface area contributed by atoms with E-state index in [9.17, 15) is 24.8 Å². The lowest BCUT2D eigenvalue weighted by Crippen LogP contribution is -2.59. The maximum Gasteiger partial charge on any atom is 0.303 e. The first kappa shape index (κ1) is 27.8. The molecule has 5 nitrogen and oxygen atoms in total. The third-order valence-electron chi connectivity index (χ3n) is 11.4. The fraction of sp³-hybridized carbons (Fsp3) is 0.750. The number of nitriles is 1. The van der Waals surface area contributed by atoms with Gasteiger partial charge in [0.2, 0.25) is 0 Å². The summed E-state index contributed by atoms with van der Waals surface area (Å²) in [5, 5.41) is 19.5. The maximum absolute atomic E-state index is 14.1. The van der Waals surface area contributed by atoms with Crippen molar-refractivity contribution in [1.82, 2.24) is 0 Å². The Morgan fingerprint density at radius 1 is 1.03 bits per heavy atom. The number of carboxylic acids is 1. The minimum absolute atomic E-state index is 0.0697. The topological polar surface area (TPSA) is 95.2 Å². The smallest absolute Gasteiger partial charge is 0.303 e.